The fourth-order valence-corrected chi connectivity index (χ4v) is 7.11. The first-order chi connectivity index (χ1) is 18.8. The van der Waals surface area contributed by atoms with Crippen LogP contribution in [0.5, 0.6) is 11.5 Å². The van der Waals surface area contributed by atoms with E-state index in [1.807, 2.05) is 0 Å². The number of amides is 1. The van der Waals surface area contributed by atoms with Gasteiger partial charge in [-0.15, -0.1) is 0 Å². The van der Waals surface area contributed by atoms with Crippen molar-refractivity contribution in [3.05, 3.63) is 22.8 Å². The van der Waals surface area contributed by atoms with Crippen molar-refractivity contribution in [3.63, 3.8) is 0 Å². The van der Waals surface area contributed by atoms with Crippen LogP contribution in [0, 0.1) is 29.1 Å². The van der Waals surface area contributed by atoms with E-state index in [0.717, 1.165) is 0 Å². The minimum absolute atomic E-state index is 0.0179. The summed E-state index contributed by atoms with van der Waals surface area (Å²) in [5.41, 5.74) is 1.54. The second kappa shape index (κ2) is 9.70. The zero-order chi connectivity index (χ0) is 29.3. The first kappa shape index (κ1) is 28.3. The Morgan fingerprint density at radius 3 is 2.58 bits per heavy atom. The Hall–Kier alpha value is -3.23. The number of benzene rings is 1. The van der Waals surface area contributed by atoms with Crippen LogP contribution in [0.15, 0.2) is 6.07 Å². The number of fused-ring (bicyclic) bond motifs is 3. The molecule has 2 saturated carbocycles. The molecule has 7 atom stereocenters. The Labute approximate surface area is 230 Å². The molecule has 13 heteroatoms. The van der Waals surface area contributed by atoms with E-state index >= 15 is 0 Å². The third kappa shape index (κ3) is 3.98. The number of methoxy groups -OCH3 is 1. The van der Waals surface area contributed by atoms with Crippen LogP contribution in [0.1, 0.15) is 34.3 Å². The van der Waals surface area contributed by atoms with E-state index in [9.17, 15) is 34.5 Å². The number of carbonyl (C=O) groups is 4. The fraction of sp³-hybridized carbons (Fsp3) is 0.593. The average molecular weight is 559 g/mol. The zero-order valence-electron chi connectivity index (χ0n) is 22.5. The summed E-state index contributed by atoms with van der Waals surface area (Å²) in [5, 5.41) is 44.9. The molecule has 1 aliphatic heterocycles. The summed E-state index contributed by atoms with van der Waals surface area (Å²) in [6, 6.07) is 0.234. The number of primary amides is 1. The molecule has 4 aliphatic rings. The van der Waals surface area contributed by atoms with Gasteiger partial charge in [-0.3, -0.25) is 29.4 Å². The van der Waals surface area contributed by atoms with E-state index < -0.39 is 70.0 Å². The topological polar surface area (TPSA) is 213 Å². The summed E-state index contributed by atoms with van der Waals surface area (Å²) in [6.45, 7) is 0.581. The van der Waals surface area contributed by atoms with Crippen LogP contribution < -0.4 is 15.8 Å². The number of likely N-dealkylation sites (N-methyl/N-ethyl adjacent to an activating group) is 1. The van der Waals surface area contributed by atoms with Gasteiger partial charge in [0.05, 0.1) is 43.6 Å². The van der Waals surface area contributed by atoms with Crippen molar-refractivity contribution in [2.75, 3.05) is 34.4 Å². The van der Waals surface area contributed by atoms with Gasteiger partial charge in [-0.25, -0.2) is 0 Å². The molecule has 13 nitrogen and oxygen atoms in total. The normalized spacial score (nSPS) is 35.4. The number of nitrogens with two attached hydrogens (primary N) is 1. The van der Waals surface area contributed by atoms with Crippen molar-refractivity contribution >= 4 is 29.0 Å². The van der Waals surface area contributed by atoms with E-state index in [1.54, 1.807) is 14.1 Å². The van der Waals surface area contributed by atoms with E-state index in [-0.39, 0.29) is 37.3 Å². The highest BCUT2D eigenvalue weighted by molar-refractivity contribution is 6.33. The Bertz CT molecular complexity index is 1320. The van der Waals surface area contributed by atoms with Gasteiger partial charge in [0.25, 0.3) is 0 Å². The quantitative estimate of drug-likeness (QED) is 0.175. The maximum atomic E-state index is 14.0. The number of Topliss-reactive ketones (excluding diaryl/α,β-unsaturated/α-hetero) is 3. The van der Waals surface area contributed by atoms with Gasteiger partial charge in [-0.1, -0.05) is 0 Å². The average Bonchev–Trinajstić information content (AvgIpc) is 3.31. The second-order valence-corrected chi connectivity index (χ2v) is 11.5. The SMILES string of the molecule is COc1c(CNC2(O)CCOC2)cc(O)c2c1CC1CC3C(N(C)C)C(=O)C(C(N)=O)C(=N)C3(O)C(=O)C1C2=O. The fourth-order valence-electron chi connectivity index (χ4n) is 7.11. The lowest BCUT2D eigenvalue weighted by molar-refractivity contribution is -0.157. The molecule has 1 aromatic carbocycles. The maximum Gasteiger partial charge on any atom is 0.233 e. The highest BCUT2D eigenvalue weighted by Crippen LogP contribution is 2.52. The van der Waals surface area contributed by atoms with Crippen molar-refractivity contribution in [3.8, 4) is 11.5 Å². The number of nitrogens with zero attached hydrogens (tertiary/aromatic N) is 1. The molecule has 216 valence electrons. The van der Waals surface area contributed by atoms with Crippen molar-refractivity contribution in [1.29, 1.82) is 5.41 Å². The Kier molecular flexibility index (Phi) is 6.86. The predicted molar refractivity (Wildman–Crippen MR) is 138 cm³/mol. The minimum atomic E-state index is -2.56. The number of ether oxygens (including phenoxy) is 2. The number of phenols is 1. The number of phenolic OH excluding ortho intramolecular Hbond substituents is 1. The van der Waals surface area contributed by atoms with E-state index in [1.165, 1.54) is 18.1 Å². The lowest BCUT2D eigenvalue weighted by Gasteiger charge is -2.53. The molecule has 1 saturated heterocycles. The lowest BCUT2D eigenvalue weighted by atomic mass is 9.52. The van der Waals surface area contributed by atoms with Gasteiger partial charge in [0.15, 0.2) is 23.0 Å². The Morgan fingerprint density at radius 1 is 1.30 bits per heavy atom. The molecule has 0 radical (unpaired) electrons. The molecule has 7 unspecified atom stereocenters. The van der Waals surface area contributed by atoms with E-state index in [4.69, 9.17) is 20.6 Å². The molecule has 1 heterocycles. The van der Waals surface area contributed by atoms with Crippen molar-refractivity contribution < 1.29 is 44.0 Å². The second-order valence-electron chi connectivity index (χ2n) is 11.5. The zero-order valence-corrected chi connectivity index (χ0v) is 22.5. The first-order valence-corrected chi connectivity index (χ1v) is 13.1. The van der Waals surface area contributed by atoms with Crippen molar-refractivity contribution in [2.45, 2.75) is 43.2 Å². The summed E-state index contributed by atoms with van der Waals surface area (Å²) >= 11 is 0. The third-order valence-electron chi connectivity index (χ3n) is 8.96. The largest absolute Gasteiger partial charge is 0.507 e. The molecule has 3 fully saturated rings. The monoisotopic (exact) mass is 558 g/mol. The third-order valence-corrected chi connectivity index (χ3v) is 8.96. The highest BCUT2D eigenvalue weighted by Gasteiger charge is 2.67. The van der Waals surface area contributed by atoms with Gasteiger partial charge in [0.2, 0.25) is 5.91 Å². The van der Waals surface area contributed by atoms with Crippen LogP contribution in [0.3, 0.4) is 0 Å². The number of ketones is 3. The molecule has 7 N–H and O–H groups in total. The van der Waals surface area contributed by atoms with Crippen LogP contribution in [-0.2, 0) is 32.1 Å². The first-order valence-electron chi connectivity index (χ1n) is 13.1. The molecular formula is C27H34N4O9. The number of carbonyl (C=O) groups excluding carboxylic acids is 4. The predicted octanol–water partition coefficient (Wildman–Crippen LogP) is -1.48. The number of hydrogen-bond donors (Lipinski definition) is 6. The van der Waals surface area contributed by atoms with Crippen molar-refractivity contribution in [1.82, 2.24) is 10.2 Å². The maximum absolute atomic E-state index is 14.0. The van der Waals surface area contributed by atoms with Gasteiger partial charge >= 0.3 is 0 Å². The molecule has 3 aliphatic carbocycles. The van der Waals surface area contributed by atoms with Gasteiger partial charge in [0, 0.05) is 30.0 Å². The van der Waals surface area contributed by atoms with E-state index in [0.29, 0.717) is 29.9 Å². The van der Waals surface area contributed by atoms with Crippen LogP contribution in [0.4, 0.5) is 0 Å². The Balaban J connectivity index is 1.57. The number of hydrogen-bond acceptors (Lipinski definition) is 12. The molecule has 1 aromatic rings. The lowest BCUT2D eigenvalue weighted by Crippen LogP contribution is -2.73. The van der Waals surface area contributed by atoms with Crippen molar-refractivity contribution in [2.24, 2.45) is 29.4 Å². The smallest absolute Gasteiger partial charge is 0.233 e. The minimum Gasteiger partial charge on any atom is -0.507 e. The molecule has 5 rings (SSSR count). The van der Waals surface area contributed by atoms with Crippen LogP contribution >= 0.6 is 0 Å². The molecular weight excluding hydrogens is 524 g/mol. The Morgan fingerprint density at radius 2 is 2.00 bits per heavy atom. The highest BCUT2D eigenvalue weighted by atomic mass is 16.5. The summed E-state index contributed by atoms with van der Waals surface area (Å²) in [4.78, 5) is 54.7. The van der Waals surface area contributed by atoms with Gasteiger partial charge in [0.1, 0.15) is 23.1 Å². The summed E-state index contributed by atoms with van der Waals surface area (Å²) in [7, 11) is 4.55. The van der Waals surface area contributed by atoms with Gasteiger partial charge in [-0.2, -0.15) is 0 Å². The number of aliphatic hydroxyl groups is 2. The summed E-state index contributed by atoms with van der Waals surface area (Å²) in [5.74, 6) is -8.59. The summed E-state index contributed by atoms with van der Waals surface area (Å²) < 4.78 is 10.9. The van der Waals surface area contributed by atoms with Crippen LogP contribution in [0.25, 0.3) is 0 Å². The molecule has 0 bridgehead atoms. The summed E-state index contributed by atoms with van der Waals surface area (Å²) in [6.07, 6.45) is 0.505. The number of aromatic hydroxyl groups is 1. The number of rotatable bonds is 6. The molecule has 40 heavy (non-hydrogen) atoms. The standard InChI is InChI=1S/C27H34N4O9/c1-31(2)19-14-7-11-6-13-17(15(32)8-12(22(13)39-3)9-30-26(37)4-5-40-10-26)20(33)16(11)24(35)27(14,38)23(28)18(21(19)34)25(29)36/h8,11,14,16,18-19,28,30,32,37-38H,4-7,9-10H2,1-3H3,(H2,29,36). The van der Waals surface area contributed by atoms with E-state index in [2.05, 4.69) is 5.32 Å². The molecule has 0 aromatic heterocycles. The van der Waals surface area contributed by atoms with Crippen LogP contribution in [-0.4, -0.2) is 101 Å². The van der Waals surface area contributed by atoms with Crippen LogP contribution in [0.2, 0.25) is 0 Å². The van der Waals surface area contributed by atoms with Gasteiger partial charge in [-0.05, 0) is 38.9 Å². The van der Waals surface area contributed by atoms with Gasteiger partial charge < -0.3 is 35.9 Å². The molecule has 1 amide bonds. The molecule has 0 spiro atoms. The number of nitrogens with one attached hydrogen (secondary N) is 2.